The van der Waals surface area contributed by atoms with Gasteiger partial charge in [-0.25, -0.2) is 0 Å². The predicted octanol–water partition coefficient (Wildman–Crippen LogP) is 5.31. The number of amides is 1. The number of anilines is 1. The van der Waals surface area contributed by atoms with Crippen LogP contribution < -0.4 is 4.90 Å². The van der Waals surface area contributed by atoms with Gasteiger partial charge in [-0.15, -0.1) is 0 Å². The van der Waals surface area contributed by atoms with Crippen LogP contribution in [0.4, 0.5) is 5.69 Å². The van der Waals surface area contributed by atoms with Crippen molar-refractivity contribution >= 4 is 17.3 Å². The maximum atomic E-state index is 13.5. The van der Waals surface area contributed by atoms with Crippen molar-refractivity contribution < 1.29 is 4.79 Å². The first-order valence-corrected chi connectivity index (χ1v) is 9.31. The lowest BCUT2D eigenvalue weighted by molar-refractivity contribution is -0.120. The molecule has 0 N–H and O–H groups in total. The van der Waals surface area contributed by atoms with Gasteiger partial charge in [0.25, 0.3) is 0 Å². The van der Waals surface area contributed by atoms with Crippen LogP contribution in [0.1, 0.15) is 22.6 Å². The van der Waals surface area contributed by atoms with Crippen LogP contribution >= 0.6 is 0 Å². The summed E-state index contributed by atoms with van der Waals surface area (Å²) in [5, 5.41) is 9.83. The van der Waals surface area contributed by atoms with Gasteiger partial charge in [-0.3, -0.25) is 9.69 Å². The Morgan fingerprint density at radius 3 is 2.07 bits per heavy atom. The Morgan fingerprint density at radius 1 is 0.857 bits per heavy atom. The second-order valence-electron chi connectivity index (χ2n) is 6.97. The van der Waals surface area contributed by atoms with Crippen LogP contribution in [0.3, 0.4) is 0 Å². The Bertz CT molecular complexity index is 1050. The van der Waals surface area contributed by atoms with Crippen molar-refractivity contribution in [1.29, 1.82) is 5.26 Å². The van der Waals surface area contributed by atoms with Gasteiger partial charge in [0.2, 0.25) is 5.91 Å². The smallest absolute Gasteiger partial charge is 0.249 e. The topological polar surface area (TPSA) is 44.1 Å². The molecule has 1 amide bonds. The molecule has 0 unspecified atom stereocenters. The lowest BCUT2D eigenvalue weighted by Crippen LogP contribution is -2.40. The quantitative estimate of drug-likeness (QED) is 0.632. The summed E-state index contributed by atoms with van der Waals surface area (Å²) in [6, 6.07) is 29.7. The summed E-state index contributed by atoms with van der Waals surface area (Å²) in [4.78, 5) is 15.2. The largest absolute Gasteiger partial charge is 0.280 e. The molecule has 3 aromatic carbocycles. The molecular formula is C25H20N2O. The number of allylic oxidation sites excluding steroid dienone is 1. The van der Waals surface area contributed by atoms with Gasteiger partial charge in [0.05, 0.1) is 11.8 Å². The van der Waals surface area contributed by atoms with Gasteiger partial charge in [0.15, 0.2) is 0 Å². The second-order valence-corrected chi connectivity index (χ2v) is 6.97. The number of hydrogen-bond acceptors (Lipinski definition) is 2. The molecule has 3 aromatic rings. The van der Waals surface area contributed by atoms with E-state index in [0.717, 1.165) is 28.1 Å². The van der Waals surface area contributed by atoms with Crippen molar-refractivity contribution in [1.82, 2.24) is 0 Å². The Balaban J connectivity index is 1.91. The molecule has 0 bridgehead atoms. The molecule has 0 aromatic heterocycles. The molecular weight excluding hydrogens is 344 g/mol. The van der Waals surface area contributed by atoms with E-state index in [-0.39, 0.29) is 11.8 Å². The molecule has 0 aliphatic carbocycles. The van der Waals surface area contributed by atoms with Crippen LogP contribution in [0, 0.1) is 24.2 Å². The van der Waals surface area contributed by atoms with Crippen LogP contribution in [0.15, 0.2) is 91.0 Å². The highest BCUT2D eigenvalue weighted by atomic mass is 16.2. The van der Waals surface area contributed by atoms with Crippen LogP contribution in [-0.2, 0) is 4.79 Å². The molecule has 3 nitrogen and oxygen atoms in total. The van der Waals surface area contributed by atoms with E-state index in [2.05, 4.69) is 12.1 Å². The summed E-state index contributed by atoms with van der Waals surface area (Å²) in [5.41, 5.74) is 4.64. The number of rotatable bonds is 3. The van der Waals surface area contributed by atoms with Gasteiger partial charge >= 0.3 is 0 Å². The van der Waals surface area contributed by atoms with Crippen LogP contribution in [0.5, 0.6) is 0 Å². The molecule has 0 spiro atoms. The Kier molecular flexibility index (Phi) is 4.78. The average Bonchev–Trinajstić information content (AvgIpc) is 2.75. The van der Waals surface area contributed by atoms with Crippen molar-refractivity contribution in [3.05, 3.63) is 108 Å². The molecule has 1 aliphatic heterocycles. The molecule has 0 saturated carbocycles. The number of nitriles is 1. The highest BCUT2D eigenvalue weighted by Gasteiger charge is 2.39. The third kappa shape index (κ3) is 3.21. The van der Waals surface area contributed by atoms with E-state index < -0.39 is 5.92 Å². The lowest BCUT2D eigenvalue weighted by Gasteiger charge is -2.35. The van der Waals surface area contributed by atoms with E-state index in [9.17, 15) is 10.1 Å². The molecule has 136 valence electrons. The van der Waals surface area contributed by atoms with Crippen LogP contribution in [0.2, 0.25) is 0 Å². The van der Waals surface area contributed by atoms with E-state index in [1.165, 1.54) is 0 Å². The van der Waals surface area contributed by atoms with Gasteiger partial charge in [-0.2, -0.15) is 5.26 Å². The number of carbonyl (C=O) groups is 1. The highest BCUT2D eigenvalue weighted by molar-refractivity contribution is 6.10. The van der Waals surface area contributed by atoms with E-state index in [4.69, 9.17) is 0 Å². The number of benzene rings is 3. The zero-order valence-electron chi connectivity index (χ0n) is 15.6. The standard InChI is InChI=1S/C25H20N2O/c1-18-12-14-21(15-13-18)27-24(20-10-6-3-7-11-20)16-22(23(17-26)25(27)28)19-8-4-2-5-9-19/h2-16,22-23H,1H3/t22-,23-/m1/s1. The first kappa shape index (κ1) is 17.8. The van der Waals surface area contributed by atoms with E-state index in [0.29, 0.717) is 0 Å². The number of nitrogens with zero attached hydrogens (tertiary/aromatic N) is 2. The molecule has 0 saturated heterocycles. The minimum atomic E-state index is -0.767. The molecule has 28 heavy (non-hydrogen) atoms. The van der Waals surface area contributed by atoms with Crippen molar-refractivity contribution in [3.63, 3.8) is 0 Å². The predicted molar refractivity (Wildman–Crippen MR) is 111 cm³/mol. The highest BCUT2D eigenvalue weighted by Crippen LogP contribution is 2.40. The normalized spacial score (nSPS) is 19.1. The minimum Gasteiger partial charge on any atom is -0.280 e. The average molecular weight is 364 g/mol. The van der Waals surface area contributed by atoms with Crippen molar-refractivity contribution in [3.8, 4) is 6.07 Å². The summed E-state index contributed by atoms with van der Waals surface area (Å²) < 4.78 is 0. The fraction of sp³-hybridized carbons (Fsp3) is 0.120. The summed E-state index contributed by atoms with van der Waals surface area (Å²) in [6.07, 6.45) is 2.06. The van der Waals surface area contributed by atoms with Crippen LogP contribution in [0.25, 0.3) is 5.70 Å². The van der Waals surface area contributed by atoms with E-state index in [1.807, 2.05) is 91.9 Å². The first-order chi connectivity index (χ1) is 13.7. The number of aryl methyl sites for hydroxylation is 1. The van der Waals surface area contributed by atoms with Crippen molar-refractivity contribution in [2.45, 2.75) is 12.8 Å². The third-order valence-corrected chi connectivity index (χ3v) is 5.11. The summed E-state index contributed by atoms with van der Waals surface area (Å²) in [5.74, 6) is -1.24. The monoisotopic (exact) mass is 364 g/mol. The Morgan fingerprint density at radius 2 is 1.46 bits per heavy atom. The lowest BCUT2D eigenvalue weighted by atomic mass is 9.81. The third-order valence-electron chi connectivity index (χ3n) is 5.11. The van der Waals surface area contributed by atoms with Crippen molar-refractivity contribution in [2.24, 2.45) is 5.92 Å². The summed E-state index contributed by atoms with van der Waals surface area (Å²) in [6.45, 7) is 2.01. The molecule has 3 heteroatoms. The Labute approximate surface area is 165 Å². The maximum Gasteiger partial charge on any atom is 0.249 e. The molecule has 0 fully saturated rings. The molecule has 4 rings (SSSR count). The summed E-state index contributed by atoms with van der Waals surface area (Å²) >= 11 is 0. The van der Waals surface area contributed by atoms with Gasteiger partial charge in [0, 0.05) is 11.6 Å². The van der Waals surface area contributed by atoms with Crippen LogP contribution in [-0.4, -0.2) is 5.91 Å². The SMILES string of the molecule is Cc1ccc(N2C(=O)[C@H](C#N)[C@@H](c3ccccc3)C=C2c2ccccc2)cc1. The molecule has 0 radical (unpaired) electrons. The maximum absolute atomic E-state index is 13.5. The van der Waals surface area contributed by atoms with E-state index in [1.54, 1.807) is 4.90 Å². The van der Waals surface area contributed by atoms with Gasteiger partial charge < -0.3 is 0 Å². The number of carbonyl (C=O) groups excluding carboxylic acids is 1. The fourth-order valence-corrected chi connectivity index (χ4v) is 3.65. The fourth-order valence-electron chi connectivity index (χ4n) is 3.65. The second kappa shape index (κ2) is 7.54. The zero-order chi connectivity index (χ0) is 19.5. The Hall–Kier alpha value is -3.64. The van der Waals surface area contributed by atoms with Gasteiger partial charge in [-0.1, -0.05) is 84.4 Å². The van der Waals surface area contributed by atoms with Gasteiger partial charge in [-0.05, 0) is 30.2 Å². The molecule has 2 atom stereocenters. The van der Waals surface area contributed by atoms with E-state index >= 15 is 0 Å². The first-order valence-electron chi connectivity index (χ1n) is 9.31. The molecule has 1 aliphatic rings. The van der Waals surface area contributed by atoms with Crippen molar-refractivity contribution in [2.75, 3.05) is 4.90 Å². The minimum absolute atomic E-state index is 0.193. The summed E-state index contributed by atoms with van der Waals surface area (Å²) in [7, 11) is 0. The van der Waals surface area contributed by atoms with Gasteiger partial charge in [0.1, 0.15) is 5.92 Å². The molecule has 1 heterocycles. The number of hydrogen-bond donors (Lipinski definition) is 0. The zero-order valence-corrected chi connectivity index (χ0v) is 15.6.